The fourth-order valence-corrected chi connectivity index (χ4v) is 5.32. The first-order chi connectivity index (χ1) is 19.8. The van der Waals surface area contributed by atoms with Crippen LogP contribution in [0.2, 0.25) is 0 Å². The summed E-state index contributed by atoms with van der Waals surface area (Å²) in [7, 11) is 3.91. The molecule has 2 saturated heterocycles. The zero-order valence-corrected chi connectivity index (χ0v) is 23.9. The number of hydrogen-bond acceptors (Lipinski definition) is 7. The van der Waals surface area contributed by atoms with Crippen molar-refractivity contribution in [1.29, 1.82) is 0 Å². The topological polar surface area (TPSA) is 82.5 Å². The van der Waals surface area contributed by atoms with Crippen molar-refractivity contribution in [2.75, 3.05) is 58.4 Å². The number of aliphatic hydroxyl groups excluding tert-OH is 1. The Hall–Kier alpha value is -4.14. The number of anilines is 1. The summed E-state index contributed by atoms with van der Waals surface area (Å²) in [6, 6.07) is 22.1. The highest BCUT2D eigenvalue weighted by Gasteiger charge is 2.46. The van der Waals surface area contributed by atoms with E-state index in [-0.39, 0.29) is 11.3 Å². The SMILES string of the molecule is Cc1cccc(COc2ccc(C(O)=C3C(=O)C(=O)N(CCN4CCOCC4)[C@@H]3c3ccc(N(C)C)cc3)cc2)c1. The van der Waals surface area contributed by atoms with Crippen LogP contribution >= 0.6 is 0 Å². The van der Waals surface area contributed by atoms with Gasteiger partial charge in [-0.05, 0) is 54.4 Å². The highest BCUT2D eigenvalue weighted by molar-refractivity contribution is 6.46. The van der Waals surface area contributed by atoms with Crippen LogP contribution in [0.25, 0.3) is 5.76 Å². The molecule has 0 aromatic heterocycles. The third kappa shape index (κ3) is 6.45. The van der Waals surface area contributed by atoms with Crippen molar-refractivity contribution >= 4 is 23.1 Å². The number of ether oxygens (including phenoxy) is 2. The number of morpholine rings is 1. The standard InChI is InChI=1S/C33H37N3O5/c1-23-5-4-6-24(21-23)22-41-28-13-9-26(10-14-28)31(37)29-30(25-7-11-27(12-8-25)34(2)3)36(33(39)32(29)38)16-15-35-17-19-40-20-18-35/h4-14,21,30,37H,15-20,22H2,1-3H3/t30-/m1/s1. The van der Waals surface area contributed by atoms with Gasteiger partial charge in [0.15, 0.2) is 0 Å². The Morgan fingerprint density at radius 1 is 0.976 bits per heavy atom. The third-order valence-electron chi connectivity index (χ3n) is 7.64. The van der Waals surface area contributed by atoms with Crippen molar-refractivity contribution in [2.45, 2.75) is 19.6 Å². The molecule has 8 heteroatoms. The molecule has 0 radical (unpaired) electrons. The van der Waals surface area contributed by atoms with Gasteiger partial charge >= 0.3 is 0 Å². The molecule has 5 rings (SSSR count). The van der Waals surface area contributed by atoms with Gasteiger partial charge in [0.1, 0.15) is 18.1 Å². The third-order valence-corrected chi connectivity index (χ3v) is 7.64. The lowest BCUT2D eigenvalue weighted by molar-refractivity contribution is -0.140. The zero-order chi connectivity index (χ0) is 28.9. The largest absolute Gasteiger partial charge is 0.507 e. The summed E-state index contributed by atoms with van der Waals surface area (Å²) in [4.78, 5) is 32.6. The molecule has 3 aromatic rings. The molecule has 41 heavy (non-hydrogen) atoms. The molecule has 2 aliphatic rings. The lowest BCUT2D eigenvalue weighted by Gasteiger charge is -2.31. The summed E-state index contributed by atoms with van der Waals surface area (Å²) in [6.45, 7) is 6.32. The van der Waals surface area contributed by atoms with E-state index in [2.05, 4.69) is 11.0 Å². The molecule has 0 spiro atoms. The minimum absolute atomic E-state index is 0.100. The lowest BCUT2D eigenvalue weighted by atomic mass is 9.95. The van der Waals surface area contributed by atoms with Crippen LogP contribution in [0.5, 0.6) is 5.75 Å². The van der Waals surface area contributed by atoms with Crippen LogP contribution in [0.15, 0.2) is 78.4 Å². The Morgan fingerprint density at radius 2 is 1.68 bits per heavy atom. The van der Waals surface area contributed by atoms with Crippen LogP contribution in [0.3, 0.4) is 0 Å². The first-order valence-electron chi connectivity index (χ1n) is 14.0. The van der Waals surface area contributed by atoms with Crippen LogP contribution in [0, 0.1) is 6.92 Å². The second kappa shape index (κ2) is 12.6. The molecule has 0 unspecified atom stereocenters. The first kappa shape index (κ1) is 28.4. The van der Waals surface area contributed by atoms with E-state index < -0.39 is 17.7 Å². The number of Topliss-reactive ketones (excluding diaryl/α,β-unsaturated/α-hetero) is 1. The molecule has 0 bridgehead atoms. The summed E-state index contributed by atoms with van der Waals surface area (Å²) < 4.78 is 11.4. The van der Waals surface area contributed by atoms with Crippen LogP contribution < -0.4 is 9.64 Å². The van der Waals surface area contributed by atoms with Gasteiger partial charge in [-0.3, -0.25) is 14.5 Å². The second-order valence-corrected chi connectivity index (χ2v) is 10.7. The Kier molecular flexibility index (Phi) is 8.71. The molecular weight excluding hydrogens is 518 g/mol. The van der Waals surface area contributed by atoms with Crippen molar-refractivity contribution in [1.82, 2.24) is 9.80 Å². The number of ketones is 1. The van der Waals surface area contributed by atoms with Gasteiger partial charge in [-0.25, -0.2) is 0 Å². The highest BCUT2D eigenvalue weighted by Crippen LogP contribution is 2.40. The molecule has 0 aliphatic carbocycles. The Morgan fingerprint density at radius 3 is 2.34 bits per heavy atom. The van der Waals surface area contributed by atoms with Gasteiger partial charge in [0, 0.05) is 51.5 Å². The number of carbonyl (C=O) groups is 2. The first-order valence-corrected chi connectivity index (χ1v) is 14.0. The van der Waals surface area contributed by atoms with Gasteiger partial charge in [-0.15, -0.1) is 0 Å². The summed E-state index contributed by atoms with van der Waals surface area (Å²) >= 11 is 0. The average molecular weight is 556 g/mol. The van der Waals surface area contributed by atoms with Gasteiger partial charge in [0.05, 0.1) is 24.8 Å². The number of aliphatic hydroxyl groups is 1. The normalized spacial score (nSPS) is 19.0. The number of amides is 1. The van der Waals surface area contributed by atoms with E-state index in [1.807, 2.05) is 68.4 Å². The van der Waals surface area contributed by atoms with E-state index in [0.29, 0.717) is 44.2 Å². The zero-order valence-electron chi connectivity index (χ0n) is 23.9. The summed E-state index contributed by atoms with van der Waals surface area (Å²) in [5.41, 5.74) is 4.56. The van der Waals surface area contributed by atoms with Gasteiger partial charge < -0.3 is 24.4 Å². The fourth-order valence-electron chi connectivity index (χ4n) is 5.32. The Balaban J connectivity index is 1.42. The molecule has 2 aliphatic heterocycles. The molecule has 1 amide bonds. The highest BCUT2D eigenvalue weighted by atomic mass is 16.5. The van der Waals surface area contributed by atoms with E-state index in [4.69, 9.17) is 9.47 Å². The van der Waals surface area contributed by atoms with Crippen molar-refractivity contribution in [3.05, 3.63) is 101 Å². The maximum atomic E-state index is 13.4. The summed E-state index contributed by atoms with van der Waals surface area (Å²) in [6.07, 6.45) is 0. The molecule has 1 N–H and O–H groups in total. The molecular formula is C33H37N3O5. The van der Waals surface area contributed by atoms with Crippen LogP contribution in [0.1, 0.15) is 28.3 Å². The quantitative estimate of drug-likeness (QED) is 0.238. The number of aryl methyl sites for hydroxylation is 1. The lowest BCUT2D eigenvalue weighted by Crippen LogP contribution is -2.42. The Bertz CT molecular complexity index is 1410. The monoisotopic (exact) mass is 555 g/mol. The summed E-state index contributed by atoms with van der Waals surface area (Å²) in [5, 5.41) is 11.5. The van der Waals surface area contributed by atoms with Crippen LogP contribution in [-0.2, 0) is 20.9 Å². The van der Waals surface area contributed by atoms with E-state index in [0.717, 1.165) is 29.9 Å². The number of hydrogen-bond donors (Lipinski definition) is 1. The maximum Gasteiger partial charge on any atom is 0.295 e. The van der Waals surface area contributed by atoms with E-state index in [1.54, 1.807) is 29.2 Å². The van der Waals surface area contributed by atoms with E-state index >= 15 is 0 Å². The van der Waals surface area contributed by atoms with Crippen molar-refractivity contribution < 1.29 is 24.2 Å². The number of carbonyl (C=O) groups excluding carboxylic acids is 2. The summed E-state index contributed by atoms with van der Waals surface area (Å²) in [5.74, 6) is -0.820. The van der Waals surface area contributed by atoms with Gasteiger partial charge in [0.25, 0.3) is 11.7 Å². The molecule has 2 fully saturated rings. The maximum absolute atomic E-state index is 13.4. The van der Waals surface area contributed by atoms with Gasteiger partial charge in [-0.2, -0.15) is 0 Å². The van der Waals surface area contributed by atoms with Crippen molar-refractivity contribution in [3.8, 4) is 5.75 Å². The van der Waals surface area contributed by atoms with E-state index in [9.17, 15) is 14.7 Å². The molecule has 8 nitrogen and oxygen atoms in total. The van der Waals surface area contributed by atoms with Crippen LogP contribution in [0.4, 0.5) is 5.69 Å². The number of benzene rings is 3. The number of nitrogens with zero attached hydrogens (tertiary/aromatic N) is 3. The molecule has 214 valence electrons. The molecule has 0 saturated carbocycles. The van der Waals surface area contributed by atoms with Crippen molar-refractivity contribution in [3.63, 3.8) is 0 Å². The minimum atomic E-state index is -0.690. The van der Waals surface area contributed by atoms with Crippen molar-refractivity contribution in [2.24, 2.45) is 0 Å². The smallest absolute Gasteiger partial charge is 0.295 e. The minimum Gasteiger partial charge on any atom is -0.507 e. The molecule has 1 atom stereocenters. The fraction of sp³-hybridized carbons (Fsp3) is 0.333. The van der Waals surface area contributed by atoms with Crippen LogP contribution in [-0.4, -0.2) is 80.1 Å². The number of likely N-dealkylation sites (tertiary alicyclic amines) is 1. The van der Waals surface area contributed by atoms with E-state index in [1.165, 1.54) is 5.56 Å². The molecule has 2 heterocycles. The average Bonchev–Trinajstić information content (AvgIpc) is 3.24. The Labute approximate surface area is 241 Å². The number of rotatable bonds is 9. The second-order valence-electron chi connectivity index (χ2n) is 10.7. The molecule has 3 aromatic carbocycles. The van der Waals surface area contributed by atoms with Gasteiger partial charge in [-0.1, -0.05) is 42.0 Å². The predicted molar refractivity (Wildman–Crippen MR) is 159 cm³/mol. The van der Waals surface area contributed by atoms with Gasteiger partial charge in [0.2, 0.25) is 0 Å². The predicted octanol–water partition coefficient (Wildman–Crippen LogP) is 4.39.